The number of nitrogens with zero attached hydrogens (tertiary/aromatic N) is 2. The number of amides is 1. The molecule has 0 N–H and O–H groups in total. The SMILES string of the molecule is O=C(c1cccc(Cl)c1)N1CCN(S(=O)(=O)c2ccc3c(c2)OCCCO3)CC1. The smallest absolute Gasteiger partial charge is 0.253 e. The van der Waals surface area contributed by atoms with Crippen molar-refractivity contribution < 1.29 is 22.7 Å². The van der Waals surface area contributed by atoms with E-state index in [9.17, 15) is 13.2 Å². The Bertz CT molecular complexity index is 1020. The fourth-order valence-corrected chi connectivity index (χ4v) is 5.02. The first-order valence-corrected chi connectivity index (χ1v) is 11.2. The average Bonchev–Trinajstić information content (AvgIpc) is 2.98. The molecule has 29 heavy (non-hydrogen) atoms. The molecule has 0 atom stereocenters. The highest BCUT2D eigenvalue weighted by atomic mass is 35.5. The highest BCUT2D eigenvalue weighted by Gasteiger charge is 2.31. The van der Waals surface area contributed by atoms with Crippen LogP contribution in [0.15, 0.2) is 47.4 Å². The van der Waals surface area contributed by atoms with Gasteiger partial charge in [-0.15, -0.1) is 0 Å². The van der Waals surface area contributed by atoms with Gasteiger partial charge in [0.1, 0.15) is 0 Å². The zero-order valence-corrected chi connectivity index (χ0v) is 17.3. The minimum absolute atomic E-state index is 0.153. The Morgan fingerprint density at radius 3 is 2.38 bits per heavy atom. The molecule has 0 aliphatic carbocycles. The Morgan fingerprint density at radius 1 is 0.931 bits per heavy atom. The van der Waals surface area contributed by atoms with Crippen molar-refractivity contribution in [1.29, 1.82) is 0 Å². The standard InChI is InChI=1S/C20H21ClN2O5S/c21-16-4-1-3-15(13-16)20(24)22-7-9-23(10-8-22)29(25,26)17-5-6-18-19(14-17)28-12-2-11-27-18/h1,3-6,13-14H,2,7-12H2. The van der Waals surface area contributed by atoms with Crippen LogP contribution in [0.5, 0.6) is 11.5 Å². The van der Waals surface area contributed by atoms with E-state index in [1.54, 1.807) is 35.2 Å². The van der Waals surface area contributed by atoms with Gasteiger partial charge in [-0.3, -0.25) is 4.79 Å². The number of hydrogen-bond acceptors (Lipinski definition) is 5. The molecule has 0 unspecified atom stereocenters. The van der Waals surface area contributed by atoms with Gasteiger partial charge in [-0.1, -0.05) is 17.7 Å². The lowest BCUT2D eigenvalue weighted by Crippen LogP contribution is -2.50. The molecule has 0 saturated carbocycles. The lowest BCUT2D eigenvalue weighted by atomic mass is 10.2. The molecular formula is C20H21ClN2O5S. The molecule has 1 amide bonds. The quantitative estimate of drug-likeness (QED) is 0.739. The van der Waals surface area contributed by atoms with Crippen LogP contribution in [-0.2, 0) is 10.0 Å². The van der Waals surface area contributed by atoms with Crippen LogP contribution >= 0.6 is 11.6 Å². The second kappa shape index (κ2) is 8.22. The maximum atomic E-state index is 13.1. The fraction of sp³-hybridized carbons (Fsp3) is 0.350. The number of piperazine rings is 1. The summed E-state index contributed by atoms with van der Waals surface area (Å²) in [5.41, 5.74) is 0.497. The van der Waals surface area contributed by atoms with Crippen molar-refractivity contribution in [3.05, 3.63) is 53.1 Å². The van der Waals surface area contributed by atoms with E-state index in [4.69, 9.17) is 21.1 Å². The molecule has 154 valence electrons. The molecule has 4 rings (SSSR count). The minimum Gasteiger partial charge on any atom is -0.490 e. The number of benzene rings is 2. The van der Waals surface area contributed by atoms with Crippen LogP contribution in [0, 0.1) is 0 Å². The third-order valence-corrected chi connectivity index (χ3v) is 7.08. The molecule has 2 heterocycles. The molecule has 2 aliphatic rings. The summed E-state index contributed by atoms with van der Waals surface area (Å²) < 4.78 is 38.7. The Kier molecular flexibility index (Phi) is 5.67. The van der Waals surface area contributed by atoms with E-state index in [-0.39, 0.29) is 23.9 Å². The molecule has 0 radical (unpaired) electrons. The van der Waals surface area contributed by atoms with E-state index >= 15 is 0 Å². The second-order valence-corrected chi connectivity index (χ2v) is 9.24. The summed E-state index contributed by atoms with van der Waals surface area (Å²) in [5, 5.41) is 0.492. The lowest BCUT2D eigenvalue weighted by Gasteiger charge is -2.34. The van der Waals surface area contributed by atoms with Gasteiger partial charge < -0.3 is 14.4 Å². The Hall–Kier alpha value is -2.29. The van der Waals surface area contributed by atoms with E-state index in [1.165, 1.54) is 16.4 Å². The van der Waals surface area contributed by atoms with E-state index < -0.39 is 10.0 Å². The van der Waals surface area contributed by atoms with Gasteiger partial charge in [0.05, 0.1) is 18.1 Å². The molecule has 7 nitrogen and oxygen atoms in total. The van der Waals surface area contributed by atoms with Crippen molar-refractivity contribution in [2.24, 2.45) is 0 Å². The Balaban J connectivity index is 1.46. The van der Waals surface area contributed by atoms with Crippen molar-refractivity contribution in [2.75, 3.05) is 39.4 Å². The predicted molar refractivity (Wildman–Crippen MR) is 108 cm³/mol. The van der Waals surface area contributed by atoms with Crippen molar-refractivity contribution in [3.8, 4) is 11.5 Å². The van der Waals surface area contributed by atoms with Gasteiger partial charge in [-0.2, -0.15) is 4.31 Å². The molecule has 2 aromatic carbocycles. The molecular weight excluding hydrogens is 416 g/mol. The second-order valence-electron chi connectivity index (χ2n) is 6.87. The predicted octanol–water partition coefficient (Wildman–Crippen LogP) is 2.65. The van der Waals surface area contributed by atoms with Gasteiger partial charge in [0.25, 0.3) is 5.91 Å². The van der Waals surface area contributed by atoms with Crippen LogP contribution in [0.25, 0.3) is 0 Å². The summed E-state index contributed by atoms with van der Waals surface area (Å²) >= 11 is 5.96. The molecule has 2 aromatic rings. The van der Waals surface area contributed by atoms with Gasteiger partial charge in [-0.25, -0.2) is 8.42 Å². The minimum atomic E-state index is -3.69. The number of carbonyl (C=O) groups excluding carboxylic acids is 1. The summed E-state index contributed by atoms with van der Waals surface area (Å²) in [7, 11) is -3.69. The maximum absolute atomic E-state index is 13.1. The van der Waals surface area contributed by atoms with Crippen LogP contribution in [0.3, 0.4) is 0 Å². The molecule has 0 aromatic heterocycles. The zero-order valence-electron chi connectivity index (χ0n) is 15.7. The summed E-state index contributed by atoms with van der Waals surface area (Å²) in [6, 6.07) is 11.4. The van der Waals surface area contributed by atoms with Crippen LogP contribution in [0.1, 0.15) is 16.8 Å². The van der Waals surface area contributed by atoms with Gasteiger partial charge >= 0.3 is 0 Å². The first-order valence-electron chi connectivity index (χ1n) is 9.40. The largest absolute Gasteiger partial charge is 0.490 e. The molecule has 1 saturated heterocycles. The van der Waals surface area contributed by atoms with Gasteiger partial charge in [0.2, 0.25) is 10.0 Å². The number of hydrogen-bond donors (Lipinski definition) is 0. The zero-order chi connectivity index (χ0) is 20.4. The normalized spacial score (nSPS) is 17.6. The van der Waals surface area contributed by atoms with E-state index in [2.05, 4.69) is 0 Å². The monoisotopic (exact) mass is 436 g/mol. The van der Waals surface area contributed by atoms with Crippen LogP contribution in [0.2, 0.25) is 5.02 Å². The highest BCUT2D eigenvalue weighted by molar-refractivity contribution is 7.89. The molecule has 0 spiro atoms. The molecule has 2 aliphatic heterocycles. The van der Waals surface area contributed by atoms with E-state index in [0.717, 1.165) is 6.42 Å². The lowest BCUT2D eigenvalue weighted by molar-refractivity contribution is 0.0698. The highest BCUT2D eigenvalue weighted by Crippen LogP contribution is 2.33. The van der Waals surface area contributed by atoms with Crippen molar-refractivity contribution in [1.82, 2.24) is 9.21 Å². The topological polar surface area (TPSA) is 76.2 Å². The first-order chi connectivity index (χ1) is 13.9. The van der Waals surface area contributed by atoms with Gasteiger partial charge in [0, 0.05) is 49.3 Å². The summed E-state index contributed by atoms with van der Waals surface area (Å²) in [5.74, 6) is 0.844. The summed E-state index contributed by atoms with van der Waals surface area (Å²) in [4.78, 5) is 14.4. The van der Waals surface area contributed by atoms with Gasteiger partial charge in [0.15, 0.2) is 11.5 Å². The van der Waals surface area contributed by atoms with Crippen LogP contribution < -0.4 is 9.47 Å². The number of rotatable bonds is 3. The number of sulfonamides is 1. The van der Waals surface area contributed by atoms with Crippen LogP contribution in [-0.4, -0.2) is 62.9 Å². The molecule has 9 heteroatoms. The Morgan fingerprint density at radius 2 is 1.66 bits per heavy atom. The number of ether oxygens (including phenoxy) is 2. The fourth-order valence-electron chi connectivity index (χ4n) is 3.39. The first kappa shape index (κ1) is 20.0. The third-order valence-electron chi connectivity index (χ3n) is 4.95. The van der Waals surface area contributed by atoms with E-state index in [0.29, 0.717) is 48.4 Å². The number of carbonyl (C=O) groups is 1. The van der Waals surface area contributed by atoms with Crippen molar-refractivity contribution in [2.45, 2.75) is 11.3 Å². The Labute approximate surface area is 174 Å². The molecule has 0 bridgehead atoms. The number of halogens is 1. The maximum Gasteiger partial charge on any atom is 0.253 e. The summed E-state index contributed by atoms with van der Waals surface area (Å²) in [6.07, 6.45) is 0.749. The van der Waals surface area contributed by atoms with Crippen LogP contribution in [0.4, 0.5) is 0 Å². The molecule has 1 fully saturated rings. The average molecular weight is 437 g/mol. The van der Waals surface area contributed by atoms with E-state index in [1.807, 2.05) is 0 Å². The number of fused-ring (bicyclic) bond motifs is 1. The van der Waals surface area contributed by atoms with Crippen molar-refractivity contribution >= 4 is 27.5 Å². The van der Waals surface area contributed by atoms with Gasteiger partial charge in [-0.05, 0) is 30.3 Å². The summed E-state index contributed by atoms with van der Waals surface area (Å²) in [6.45, 7) is 2.11. The van der Waals surface area contributed by atoms with Crippen molar-refractivity contribution in [3.63, 3.8) is 0 Å². The third kappa shape index (κ3) is 4.19.